The summed E-state index contributed by atoms with van der Waals surface area (Å²) in [6, 6.07) is 5.31. The Morgan fingerprint density at radius 1 is 1.45 bits per heavy atom. The van der Waals surface area contributed by atoms with E-state index in [1.165, 1.54) is 0 Å². The predicted molar refractivity (Wildman–Crippen MR) is 84.4 cm³/mol. The molecule has 1 aliphatic heterocycles. The van der Waals surface area contributed by atoms with Gasteiger partial charge in [-0.15, -0.1) is 0 Å². The van der Waals surface area contributed by atoms with Crippen LogP contribution in [0.2, 0.25) is 5.02 Å². The van der Waals surface area contributed by atoms with Gasteiger partial charge in [-0.25, -0.2) is 13.4 Å². The zero-order valence-corrected chi connectivity index (χ0v) is 13.4. The molecular weight excluding hydrogens is 326 g/mol. The molecule has 2 aromatic rings. The van der Waals surface area contributed by atoms with Gasteiger partial charge in [0.2, 0.25) is 5.91 Å². The van der Waals surface area contributed by atoms with Crippen molar-refractivity contribution in [3.8, 4) is 0 Å². The monoisotopic (exact) mass is 341 g/mol. The maximum atomic E-state index is 11.9. The number of nitrogens with zero attached hydrogens (tertiary/aromatic N) is 1. The van der Waals surface area contributed by atoms with Crippen LogP contribution in [-0.4, -0.2) is 35.3 Å². The molecule has 22 heavy (non-hydrogen) atoms. The molecule has 6 nitrogen and oxygen atoms in total. The van der Waals surface area contributed by atoms with Crippen LogP contribution in [0, 0.1) is 0 Å². The van der Waals surface area contributed by atoms with Crippen LogP contribution in [0.4, 0.5) is 0 Å². The normalized spacial score (nSPS) is 20.3. The van der Waals surface area contributed by atoms with Crippen molar-refractivity contribution in [3.63, 3.8) is 0 Å². The second-order valence-corrected chi connectivity index (χ2v) is 8.29. The molecule has 1 unspecified atom stereocenters. The standard InChI is InChI=1S/C14H16ClN3O3S/c15-9-3-4-11-12(6-9)18-13(17-11)8-16-14(19)7-10-2-1-5-22(10,20)21/h3-4,6,10H,1-2,5,7-8H2,(H,16,19)(H,17,18). The number of carbonyl (C=O) groups excluding carboxylic acids is 1. The minimum atomic E-state index is -3.09. The van der Waals surface area contributed by atoms with Crippen molar-refractivity contribution in [2.75, 3.05) is 5.75 Å². The van der Waals surface area contributed by atoms with Gasteiger partial charge in [0, 0.05) is 11.4 Å². The molecule has 1 aromatic heterocycles. The fourth-order valence-electron chi connectivity index (χ4n) is 2.67. The summed E-state index contributed by atoms with van der Waals surface area (Å²) in [6.45, 7) is 0.234. The van der Waals surface area contributed by atoms with Crippen LogP contribution >= 0.6 is 11.6 Å². The highest BCUT2D eigenvalue weighted by Gasteiger charge is 2.32. The fourth-order valence-corrected chi connectivity index (χ4v) is 4.67. The summed E-state index contributed by atoms with van der Waals surface area (Å²) >= 11 is 5.90. The number of aromatic amines is 1. The average molecular weight is 342 g/mol. The molecule has 3 rings (SSSR count). The highest BCUT2D eigenvalue weighted by Crippen LogP contribution is 2.22. The molecule has 0 aliphatic carbocycles. The lowest BCUT2D eigenvalue weighted by molar-refractivity contribution is -0.121. The molecule has 0 radical (unpaired) electrons. The van der Waals surface area contributed by atoms with E-state index in [-0.39, 0.29) is 24.6 Å². The second-order valence-electron chi connectivity index (χ2n) is 5.46. The van der Waals surface area contributed by atoms with Crippen molar-refractivity contribution in [1.29, 1.82) is 0 Å². The molecular formula is C14H16ClN3O3S. The van der Waals surface area contributed by atoms with Gasteiger partial charge in [-0.1, -0.05) is 11.6 Å². The van der Waals surface area contributed by atoms with Gasteiger partial charge in [-0.3, -0.25) is 4.79 Å². The number of sulfone groups is 1. The first-order valence-corrected chi connectivity index (χ1v) is 9.16. The third kappa shape index (κ3) is 3.25. The van der Waals surface area contributed by atoms with Crippen LogP contribution in [-0.2, 0) is 21.2 Å². The molecule has 0 bridgehead atoms. The Bertz CT molecular complexity index is 816. The summed E-state index contributed by atoms with van der Waals surface area (Å²) in [5.41, 5.74) is 1.57. The number of aromatic nitrogens is 2. The Labute approximate surface area is 133 Å². The Morgan fingerprint density at radius 3 is 3.00 bits per heavy atom. The number of benzene rings is 1. The molecule has 1 aliphatic rings. The molecule has 1 fully saturated rings. The highest BCUT2D eigenvalue weighted by molar-refractivity contribution is 7.92. The zero-order valence-electron chi connectivity index (χ0n) is 11.8. The van der Waals surface area contributed by atoms with E-state index in [4.69, 9.17) is 11.6 Å². The van der Waals surface area contributed by atoms with Gasteiger partial charge >= 0.3 is 0 Å². The fraction of sp³-hybridized carbons (Fsp3) is 0.429. The van der Waals surface area contributed by atoms with Crippen molar-refractivity contribution in [3.05, 3.63) is 29.0 Å². The van der Waals surface area contributed by atoms with Crippen molar-refractivity contribution in [1.82, 2.24) is 15.3 Å². The highest BCUT2D eigenvalue weighted by atomic mass is 35.5. The lowest BCUT2D eigenvalue weighted by atomic mass is 10.2. The molecule has 1 atom stereocenters. The smallest absolute Gasteiger partial charge is 0.221 e. The summed E-state index contributed by atoms with van der Waals surface area (Å²) in [7, 11) is -3.09. The van der Waals surface area contributed by atoms with E-state index in [9.17, 15) is 13.2 Å². The Kier molecular flexibility index (Phi) is 4.10. The average Bonchev–Trinajstić information content (AvgIpc) is 2.99. The minimum Gasteiger partial charge on any atom is -0.349 e. The topological polar surface area (TPSA) is 91.9 Å². The molecule has 0 spiro atoms. The van der Waals surface area contributed by atoms with Gasteiger partial charge in [0.05, 0.1) is 28.6 Å². The van der Waals surface area contributed by atoms with Gasteiger partial charge in [-0.2, -0.15) is 0 Å². The first-order valence-electron chi connectivity index (χ1n) is 7.06. The minimum absolute atomic E-state index is 0.0222. The number of hydrogen-bond donors (Lipinski definition) is 2. The van der Waals surface area contributed by atoms with Crippen molar-refractivity contribution >= 4 is 38.4 Å². The number of imidazole rings is 1. The van der Waals surface area contributed by atoms with Crippen LogP contribution < -0.4 is 5.32 Å². The second kappa shape index (κ2) is 5.89. The van der Waals surface area contributed by atoms with Gasteiger partial charge in [-0.05, 0) is 31.0 Å². The molecule has 2 N–H and O–H groups in total. The molecule has 118 valence electrons. The summed E-state index contributed by atoms with van der Waals surface area (Å²) in [5, 5.41) is 2.78. The number of fused-ring (bicyclic) bond motifs is 1. The van der Waals surface area contributed by atoms with Crippen molar-refractivity contribution in [2.45, 2.75) is 31.1 Å². The summed E-state index contributed by atoms with van der Waals surface area (Å²) in [5.74, 6) is 0.531. The molecule has 2 heterocycles. The van der Waals surface area contributed by atoms with Gasteiger partial charge in [0.15, 0.2) is 9.84 Å². The lowest BCUT2D eigenvalue weighted by Gasteiger charge is -2.08. The summed E-state index contributed by atoms with van der Waals surface area (Å²) < 4.78 is 23.4. The Hall–Kier alpha value is -1.60. The SMILES string of the molecule is O=C(CC1CCCS1(=O)=O)NCc1nc2ccc(Cl)cc2[nH]1. The van der Waals surface area contributed by atoms with Crippen LogP contribution in [0.5, 0.6) is 0 Å². The van der Waals surface area contributed by atoms with Gasteiger partial charge < -0.3 is 10.3 Å². The maximum Gasteiger partial charge on any atom is 0.221 e. The largest absolute Gasteiger partial charge is 0.349 e. The van der Waals surface area contributed by atoms with E-state index >= 15 is 0 Å². The maximum absolute atomic E-state index is 11.9. The van der Waals surface area contributed by atoms with Crippen LogP contribution in [0.1, 0.15) is 25.1 Å². The number of rotatable bonds is 4. The van der Waals surface area contributed by atoms with Gasteiger partial charge in [0.25, 0.3) is 0 Å². The zero-order chi connectivity index (χ0) is 15.7. The van der Waals surface area contributed by atoms with E-state index < -0.39 is 15.1 Å². The quantitative estimate of drug-likeness (QED) is 0.887. The first-order chi connectivity index (χ1) is 10.4. The third-order valence-corrected chi connectivity index (χ3v) is 6.33. The Balaban J connectivity index is 1.60. The van der Waals surface area contributed by atoms with E-state index in [1.54, 1.807) is 18.2 Å². The Morgan fingerprint density at radius 2 is 2.27 bits per heavy atom. The number of hydrogen-bond acceptors (Lipinski definition) is 4. The number of nitrogens with one attached hydrogen (secondary N) is 2. The first kappa shape index (κ1) is 15.3. The van der Waals surface area contributed by atoms with E-state index in [0.717, 1.165) is 11.0 Å². The number of amides is 1. The predicted octanol–water partition coefficient (Wildman–Crippen LogP) is 1.80. The van der Waals surface area contributed by atoms with E-state index in [1.807, 2.05) is 0 Å². The van der Waals surface area contributed by atoms with E-state index in [0.29, 0.717) is 23.7 Å². The number of carbonyl (C=O) groups is 1. The van der Waals surface area contributed by atoms with Crippen molar-refractivity contribution < 1.29 is 13.2 Å². The summed E-state index contributed by atoms with van der Waals surface area (Å²) in [6.07, 6.45) is 1.23. The van der Waals surface area contributed by atoms with Crippen molar-refractivity contribution in [2.24, 2.45) is 0 Å². The van der Waals surface area contributed by atoms with Crippen LogP contribution in [0.25, 0.3) is 11.0 Å². The molecule has 1 saturated heterocycles. The van der Waals surface area contributed by atoms with E-state index in [2.05, 4.69) is 15.3 Å². The van der Waals surface area contributed by atoms with Gasteiger partial charge in [0.1, 0.15) is 5.82 Å². The molecule has 0 saturated carbocycles. The summed E-state index contributed by atoms with van der Waals surface area (Å²) in [4.78, 5) is 19.3. The lowest BCUT2D eigenvalue weighted by Crippen LogP contribution is -2.29. The van der Waals surface area contributed by atoms with Crippen LogP contribution in [0.3, 0.4) is 0 Å². The number of H-pyrrole nitrogens is 1. The molecule has 1 amide bonds. The molecule has 8 heteroatoms. The third-order valence-electron chi connectivity index (χ3n) is 3.82. The molecule has 1 aromatic carbocycles. The van der Waals surface area contributed by atoms with Crippen LogP contribution in [0.15, 0.2) is 18.2 Å². The number of halogens is 1.